The molecule has 2 N–H and O–H groups in total. The van der Waals surface area contributed by atoms with Crippen molar-refractivity contribution in [3.8, 4) is 0 Å². The van der Waals surface area contributed by atoms with E-state index in [4.69, 9.17) is 0 Å². The topological polar surface area (TPSA) is 108 Å². The molecule has 1 aromatic carbocycles. The molecule has 0 radical (unpaired) electrons. The average Bonchev–Trinajstić information content (AvgIpc) is 3.06. The third-order valence-electron chi connectivity index (χ3n) is 4.42. The third-order valence-corrected chi connectivity index (χ3v) is 7.13. The molecule has 1 aromatic heterocycles. The Balaban J connectivity index is 1.69. The monoisotopic (exact) mass is 422 g/mol. The number of hydrogen-bond donors (Lipinski definition) is 2. The van der Waals surface area contributed by atoms with Gasteiger partial charge in [0.05, 0.1) is 10.8 Å². The second kappa shape index (κ2) is 8.38. The summed E-state index contributed by atoms with van der Waals surface area (Å²) in [4.78, 5) is 28.9. The van der Waals surface area contributed by atoms with Gasteiger partial charge in [-0.05, 0) is 44.0 Å². The number of carbonyl (C=O) groups is 2. The Hall–Kier alpha value is -2.30. The number of hydrogen-bond acceptors (Lipinski definition) is 6. The number of sulfonamides is 1. The maximum Gasteiger partial charge on any atom is 0.243 e. The predicted octanol–water partition coefficient (Wildman–Crippen LogP) is 2.45. The van der Waals surface area contributed by atoms with Crippen molar-refractivity contribution in [2.75, 3.05) is 23.7 Å². The fourth-order valence-electron chi connectivity index (χ4n) is 3.06. The van der Waals surface area contributed by atoms with Crippen LogP contribution in [-0.4, -0.2) is 42.6 Å². The lowest BCUT2D eigenvalue weighted by Crippen LogP contribution is -2.43. The van der Waals surface area contributed by atoms with Gasteiger partial charge in [-0.3, -0.25) is 9.59 Å². The number of thiazole rings is 1. The van der Waals surface area contributed by atoms with Gasteiger partial charge in [0.25, 0.3) is 0 Å². The van der Waals surface area contributed by atoms with Gasteiger partial charge in [0.1, 0.15) is 0 Å². The number of aryl methyl sites for hydroxylation is 1. The first kappa shape index (κ1) is 20.4. The first-order valence-electron chi connectivity index (χ1n) is 8.87. The summed E-state index contributed by atoms with van der Waals surface area (Å²) >= 11 is 1.38. The van der Waals surface area contributed by atoms with Crippen LogP contribution < -0.4 is 10.6 Å². The lowest BCUT2D eigenvalue weighted by atomic mass is 9.99. The lowest BCUT2D eigenvalue weighted by molar-refractivity contribution is -0.121. The Labute approximate surface area is 168 Å². The largest absolute Gasteiger partial charge is 0.326 e. The Morgan fingerprint density at radius 3 is 2.54 bits per heavy atom. The second-order valence-electron chi connectivity index (χ2n) is 6.67. The average molecular weight is 423 g/mol. The molecule has 0 spiro atoms. The van der Waals surface area contributed by atoms with Crippen LogP contribution in [0.5, 0.6) is 0 Å². The molecule has 1 saturated heterocycles. The first-order chi connectivity index (χ1) is 13.3. The van der Waals surface area contributed by atoms with Crippen molar-refractivity contribution in [3.05, 3.63) is 35.3 Å². The molecule has 10 heteroatoms. The lowest BCUT2D eigenvalue weighted by Gasteiger charge is -2.31. The fraction of sp³-hybridized carbons (Fsp3) is 0.389. The van der Waals surface area contributed by atoms with Crippen LogP contribution in [0.15, 0.2) is 35.4 Å². The molecule has 8 nitrogen and oxygen atoms in total. The van der Waals surface area contributed by atoms with Crippen molar-refractivity contribution < 1.29 is 18.0 Å². The van der Waals surface area contributed by atoms with Gasteiger partial charge in [-0.1, -0.05) is 0 Å². The number of amides is 2. The summed E-state index contributed by atoms with van der Waals surface area (Å²) in [6.07, 6.45) is 2.92. The van der Waals surface area contributed by atoms with Crippen molar-refractivity contribution in [3.63, 3.8) is 0 Å². The molecule has 3 rings (SSSR count). The molecule has 1 aliphatic heterocycles. The third kappa shape index (κ3) is 4.75. The van der Waals surface area contributed by atoms with Crippen LogP contribution >= 0.6 is 11.3 Å². The van der Waals surface area contributed by atoms with Gasteiger partial charge < -0.3 is 10.6 Å². The van der Waals surface area contributed by atoms with Gasteiger partial charge in [0.15, 0.2) is 5.13 Å². The number of nitrogens with zero attached hydrogens (tertiary/aromatic N) is 2. The van der Waals surface area contributed by atoms with Crippen LogP contribution in [-0.2, 0) is 19.6 Å². The van der Waals surface area contributed by atoms with E-state index in [1.165, 1.54) is 34.7 Å². The van der Waals surface area contributed by atoms with Crippen LogP contribution in [0.4, 0.5) is 10.8 Å². The van der Waals surface area contributed by atoms with Gasteiger partial charge in [-0.15, -0.1) is 11.3 Å². The molecule has 0 unspecified atom stereocenters. The molecule has 2 amide bonds. The van der Waals surface area contributed by atoms with E-state index in [1.54, 1.807) is 18.3 Å². The van der Waals surface area contributed by atoms with E-state index in [9.17, 15) is 18.0 Å². The summed E-state index contributed by atoms with van der Waals surface area (Å²) in [6.45, 7) is 3.79. The highest BCUT2D eigenvalue weighted by molar-refractivity contribution is 7.89. The van der Waals surface area contributed by atoms with E-state index in [-0.39, 0.29) is 23.3 Å². The van der Waals surface area contributed by atoms with E-state index in [0.29, 0.717) is 30.2 Å². The molecule has 150 valence electrons. The van der Waals surface area contributed by atoms with E-state index in [0.717, 1.165) is 4.88 Å². The minimum atomic E-state index is -3.71. The zero-order valence-electron chi connectivity index (χ0n) is 15.6. The van der Waals surface area contributed by atoms with Crippen molar-refractivity contribution in [1.29, 1.82) is 0 Å². The number of anilines is 2. The first-order valence-corrected chi connectivity index (χ1v) is 11.1. The molecule has 1 atom stereocenters. The van der Waals surface area contributed by atoms with Crippen molar-refractivity contribution in [2.45, 2.75) is 31.6 Å². The molecule has 2 aromatic rings. The predicted molar refractivity (Wildman–Crippen MR) is 108 cm³/mol. The van der Waals surface area contributed by atoms with E-state index in [2.05, 4.69) is 15.6 Å². The van der Waals surface area contributed by atoms with Crippen molar-refractivity contribution >= 4 is 44.0 Å². The van der Waals surface area contributed by atoms with E-state index >= 15 is 0 Å². The molecule has 1 aliphatic rings. The van der Waals surface area contributed by atoms with Crippen LogP contribution in [0.1, 0.15) is 24.6 Å². The highest BCUT2D eigenvalue weighted by Gasteiger charge is 2.33. The van der Waals surface area contributed by atoms with Gasteiger partial charge in [0, 0.05) is 36.8 Å². The molecular formula is C18H22N4O4S2. The summed E-state index contributed by atoms with van der Waals surface area (Å²) in [5, 5.41) is 5.91. The van der Waals surface area contributed by atoms with Crippen LogP contribution in [0.2, 0.25) is 0 Å². The number of benzene rings is 1. The number of rotatable bonds is 5. The Morgan fingerprint density at radius 2 is 1.93 bits per heavy atom. The molecule has 1 fully saturated rings. The molecule has 0 saturated carbocycles. The van der Waals surface area contributed by atoms with Gasteiger partial charge in [-0.2, -0.15) is 4.31 Å². The maximum atomic E-state index is 12.9. The number of piperidine rings is 1. The molecule has 2 heterocycles. The summed E-state index contributed by atoms with van der Waals surface area (Å²) in [7, 11) is -3.71. The summed E-state index contributed by atoms with van der Waals surface area (Å²) in [5.74, 6) is -0.863. The summed E-state index contributed by atoms with van der Waals surface area (Å²) in [6, 6.07) is 6.02. The van der Waals surface area contributed by atoms with E-state index in [1.807, 2.05) is 6.92 Å². The quantitative estimate of drug-likeness (QED) is 0.769. The zero-order valence-corrected chi connectivity index (χ0v) is 17.3. The minimum absolute atomic E-state index is 0.131. The Morgan fingerprint density at radius 1 is 1.21 bits per heavy atom. The number of aromatic nitrogens is 1. The zero-order chi connectivity index (χ0) is 20.3. The van der Waals surface area contributed by atoms with Gasteiger partial charge in [0.2, 0.25) is 21.8 Å². The molecule has 0 bridgehead atoms. The SMILES string of the molecule is CC(=O)Nc1ccc(S(=O)(=O)N2CCC[C@H](C(=O)Nc3ncc(C)s3)C2)cc1. The normalized spacial score (nSPS) is 17.9. The number of carbonyl (C=O) groups excluding carboxylic acids is 2. The Bertz CT molecular complexity index is 970. The highest BCUT2D eigenvalue weighted by atomic mass is 32.2. The molecule has 0 aliphatic carbocycles. The van der Waals surface area contributed by atoms with E-state index < -0.39 is 15.9 Å². The van der Waals surface area contributed by atoms with Gasteiger partial charge >= 0.3 is 0 Å². The minimum Gasteiger partial charge on any atom is -0.326 e. The van der Waals surface area contributed by atoms with Crippen LogP contribution in [0.3, 0.4) is 0 Å². The van der Waals surface area contributed by atoms with Crippen LogP contribution in [0.25, 0.3) is 0 Å². The number of nitrogens with one attached hydrogen (secondary N) is 2. The maximum absolute atomic E-state index is 12.9. The van der Waals surface area contributed by atoms with Gasteiger partial charge in [-0.25, -0.2) is 13.4 Å². The van der Waals surface area contributed by atoms with Crippen LogP contribution in [0, 0.1) is 12.8 Å². The van der Waals surface area contributed by atoms with Crippen molar-refractivity contribution in [1.82, 2.24) is 9.29 Å². The summed E-state index contributed by atoms with van der Waals surface area (Å²) < 4.78 is 27.2. The standard InChI is InChI=1S/C18H22N4O4S2/c1-12-10-19-18(27-12)21-17(24)14-4-3-9-22(11-14)28(25,26)16-7-5-15(6-8-16)20-13(2)23/h5-8,10,14H,3-4,9,11H2,1-2H3,(H,20,23)(H,19,21,24)/t14-/m0/s1. The van der Waals surface area contributed by atoms with Crippen molar-refractivity contribution in [2.24, 2.45) is 5.92 Å². The highest BCUT2D eigenvalue weighted by Crippen LogP contribution is 2.26. The fourth-order valence-corrected chi connectivity index (χ4v) is 5.25. The second-order valence-corrected chi connectivity index (χ2v) is 9.85. The summed E-state index contributed by atoms with van der Waals surface area (Å²) in [5.41, 5.74) is 0.529. The smallest absolute Gasteiger partial charge is 0.243 e. The Kier molecular flexibility index (Phi) is 6.11. The molecular weight excluding hydrogens is 400 g/mol. The molecule has 28 heavy (non-hydrogen) atoms.